The second kappa shape index (κ2) is 6.04. The van der Waals surface area contributed by atoms with Crippen LogP contribution in [0.15, 0.2) is 22.7 Å². The zero-order valence-electron chi connectivity index (χ0n) is 8.64. The van der Waals surface area contributed by atoms with E-state index in [-0.39, 0.29) is 0 Å². The molecule has 1 N–H and O–H groups in total. The quantitative estimate of drug-likeness (QED) is 0.819. The first-order valence-corrected chi connectivity index (χ1v) is 5.61. The summed E-state index contributed by atoms with van der Waals surface area (Å²) in [5.41, 5.74) is 2.39. The van der Waals surface area contributed by atoms with Gasteiger partial charge in [-0.05, 0) is 47.5 Å². The molecule has 78 valence electrons. The van der Waals surface area contributed by atoms with Gasteiger partial charge in [0.2, 0.25) is 0 Å². The van der Waals surface area contributed by atoms with E-state index in [1.807, 2.05) is 6.92 Å². The van der Waals surface area contributed by atoms with Crippen LogP contribution in [0.5, 0.6) is 0 Å². The number of ether oxygens (including phenoxy) is 1. The Bertz CT molecular complexity index is 289. The van der Waals surface area contributed by atoms with Gasteiger partial charge >= 0.3 is 0 Å². The van der Waals surface area contributed by atoms with E-state index in [9.17, 15) is 0 Å². The monoisotopic (exact) mass is 257 g/mol. The Morgan fingerprint density at radius 2 is 2.21 bits per heavy atom. The highest BCUT2D eigenvalue weighted by atomic mass is 79.9. The largest absolute Gasteiger partial charge is 0.382 e. The third kappa shape index (κ3) is 3.68. The van der Waals surface area contributed by atoms with Gasteiger partial charge in [0, 0.05) is 23.3 Å². The maximum absolute atomic E-state index is 5.25. The van der Waals surface area contributed by atoms with Crippen LogP contribution in [-0.2, 0) is 4.74 Å². The Hall–Kier alpha value is -0.540. The van der Waals surface area contributed by atoms with Crippen molar-refractivity contribution in [2.45, 2.75) is 13.8 Å². The number of anilines is 1. The van der Waals surface area contributed by atoms with Gasteiger partial charge < -0.3 is 10.1 Å². The molecule has 0 saturated carbocycles. The summed E-state index contributed by atoms with van der Waals surface area (Å²) in [7, 11) is 0. The average Bonchev–Trinajstić information content (AvgIpc) is 2.18. The van der Waals surface area contributed by atoms with Gasteiger partial charge in [0.05, 0.1) is 6.61 Å². The van der Waals surface area contributed by atoms with E-state index < -0.39 is 0 Å². The van der Waals surface area contributed by atoms with E-state index in [2.05, 4.69) is 46.4 Å². The highest BCUT2D eigenvalue weighted by Gasteiger charge is 1.98. The van der Waals surface area contributed by atoms with Crippen molar-refractivity contribution in [1.82, 2.24) is 0 Å². The van der Waals surface area contributed by atoms with Crippen molar-refractivity contribution in [3.63, 3.8) is 0 Å². The Morgan fingerprint density at radius 1 is 1.43 bits per heavy atom. The van der Waals surface area contributed by atoms with Gasteiger partial charge in [-0.15, -0.1) is 0 Å². The van der Waals surface area contributed by atoms with Crippen LogP contribution in [0.2, 0.25) is 0 Å². The van der Waals surface area contributed by atoms with Gasteiger partial charge in [-0.1, -0.05) is 6.07 Å². The minimum Gasteiger partial charge on any atom is -0.382 e. The molecule has 0 aliphatic rings. The summed E-state index contributed by atoms with van der Waals surface area (Å²) in [4.78, 5) is 0. The van der Waals surface area contributed by atoms with Gasteiger partial charge in [-0.3, -0.25) is 0 Å². The van der Waals surface area contributed by atoms with E-state index in [1.54, 1.807) is 0 Å². The molecular formula is C11H16BrNO. The van der Waals surface area contributed by atoms with E-state index in [1.165, 1.54) is 5.56 Å². The lowest BCUT2D eigenvalue weighted by molar-refractivity contribution is 0.158. The summed E-state index contributed by atoms with van der Waals surface area (Å²) in [5, 5.41) is 3.32. The third-order valence-electron chi connectivity index (χ3n) is 1.89. The molecule has 1 aromatic rings. The third-order valence-corrected chi connectivity index (χ3v) is 2.58. The van der Waals surface area contributed by atoms with E-state index in [4.69, 9.17) is 4.74 Å². The summed E-state index contributed by atoms with van der Waals surface area (Å²) in [5.74, 6) is 0. The standard InChI is InChI=1S/C11H16BrNO/c1-3-14-7-6-13-11-8-9(2)4-5-10(11)12/h4-5,8,13H,3,6-7H2,1-2H3. The fourth-order valence-electron chi connectivity index (χ4n) is 1.18. The molecule has 0 aromatic heterocycles. The number of halogens is 1. The van der Waals surface area contributed by atoms with Crippen molar-refractivity contribution >= 4 is 21.6 Å². The predicted molar refractivity (Wildman–Crippen MR) is 63.9 cm³/mol. The summed E-state index contributed by atoms with van der Waals surface area (Å²) in [6.45, 7) is 6.45. The van der Waals surface area contributed by atoms with Gasteiger partial charge in [0.1, 0.15) is 0 Å². The van der Waals surface area contributed by atoms with Crippen LogP contribution in [-0.4, -0.2) is 19.8 Å². The summed E-state index contributed by atoms with van der Waals surface area (Å²) in [6, 6.07) is 6.26. The maximum atomic E-state index is 5.25. The zero-order chi connectivity index (χ0) is 10.4. The van der Waals surface area contributed by atoms with E-state index >= 15 is 0 Å². The summed E-state index contributed by atoms with van der Waals surface area (Å²) in [6.07, 6.45) is 0. The molecule has 0 aliphatic heterocycles. The minimum absolute atomic E-state index is 0.747. The molecule has 0 spiro atoms. The predicted octanol–water partition coefficient (Wildman–Crippen LogP) is 3.21. The lowest BCUT2D eigenvalue weighted by Crippen LogP contribution is -2.09. The van der Waals surface area contributed by atoms with Crippen LogP contribution < -0.4 is 5.32 Å². The number of rotatable bonds is 5. The number of hydrogen-bond donors (Lipinski definition) is 1. The fraction of sp³-hybridized carbons (Fsp3) is 0.455. The number of benzene rings is 1. The molecule has 14 heavy (non-hydrogen) atoms. The van der Waals surface area contributed by atoms with Crippen molar-refractivity contribution in [2.24, 2.45) is 0 Å². The van der Waals surface area contributed by atoms with Crippen LogP contribution in [0.4, 0.5) is 5.69 Å². The first-order chi connectivity index (χ1) is 6.74. The smallest absolute Gasteiger partial charge is 0.0638 e. The van der Waals surface area contributed by atoms with Gasteiger partial charge in [0.15, 0.2) is 0 Å². The van der Waals surface area contributed by atoms with Gasteiger partial charge in [-0.25, -0.2) is 0 Å². The highest BCUT2D eigenvalue weighted by molar-refractivity contribution is 9.10. The zero-order valence-corrected chi connectivity index (χ0v) is 10.2. The molecule has 1 aromatic carbocycles. The van der Waals surface area contributed by atoms with Crippen molar-refractivity contribution in [3.8, 4) is 0 Å². The second-order valence-electron chi connectivity index (χ2n) is 3.11. The van der Waals surface area contributed by atoms with Gasteiger partial charge in [0.25, 0.3) is 0 Å². The lowest BCUT2D eigenvalue weighted by atomic mass is 10.2. The number of aryl methyl sites for hydroxylation is 1. The number of hydrogen-bond acceptors (Lipinski definition) is 2. The topological polar surface area (TPSA) is 21.3 Å². The summed E-state index contributed by atoms with van der Waals surface area (Å²) >= 11 is 3.50. The minimum atomic E-state index is 0.747. The van der Waals surface area contributed by atoms with E-state index in [0.717, 1.165) is 29.9 Å². The van der Waals surface area contributed by atoms with Crippen LogP contribution in [0.3, 0.4) is 0 Å². The summed E-state index contributed by atoms with van der Waals surface area (Å²) < 4.78 is 6.34. The SMILES string of the molecule is CCOCCNc1cc(C)ccc1Br. The van der Waals surface area contributed by atoms with Crippen molar-refractivity contribution in [3.05, 3.63) is 28.2 Å². The Labute approximate surface area is 93.8 Å². The highest BCUT2D eigenvalue weighted by Crippen LogP contribution is 2.22. The maximum Gasteiger partial charge on any atom is 0.0638 e. The van der Waals surface area contributed by atoms with Gasteiger partial charge in [-0.2, -0.15) is 0 Å². The molecule has 0 radical (unpaired) electrons. The van der Waals surface area contributed by atoms with Crippen LogP contribution in [0.1, 0.15) is 12.5 Å². The van der Waals surface area contributed by atoms with Crippen molar-refractivity contribution < 1.29 is 4.74 Å². The normalized spacial score (nSPS) is 10.2. The van der Waals surface area contributed by atoms with Crippen LogP contribution in [0.25, 0.3) is 0 Å². The molecule has 0 aliphatic carbocycles. The first kappa shape index (κ1) is 11.5. The fourth-order valence-corrected chi connectivity index (χ4v) is 1.56. The molecule has 3 heteroatoms. The van der Waals surface area contributed by atoms with Crippen molar-refractivity contribution in [1.29, 1.82) is 0 Å². The molecule has 0 atom stereocenters. The van der Waals surface area contributed by atoms with Crippen LogP contribution in [0, 0.1) is 6.92 Å². The molecule has 0 fully saturated rings. The first-order valence-electron chi connectivity index (χ1n) is 4.82. The average molecular weight is 258 g/mol. The molecular weight excluding hydrogens is 242 g/mol. The molecule has 0 heterocycles. The van der Waals surface area contributed by atoms with Crippen LogP contribution >= 0.6 is 15.9 Å². The molecule has 2 nitrogen and oxygen atoms in total. The van der Waals surface area contributed by atoms with Crippen molar-refractivity contribution in [2.75, 3.05) is 25.1 Å². The molecule has 0 saturated heterocycles. The lowest BCUT2D eigenvalue weighted by Gasteiger charge is -2.09. The Kier molecular flexibility index (Phi) is 4.98. The van der Waals surface area contributed by atoms with E-state index in [0.29, 0.717) is 0 Å². The second-order valence-corrected chi connectivity index (χ2v) is 3.96. The Balaban J connectivity index is 2.45. The number of nitrogens with one attached hydrogen (secondary N) is 1. The molecule has 0 amide bonds. The molecule has 1 rings (SSSR count). The Morgan fingerprint density at radius 3 is 2.93 bits per heavy atom. The molecule has 0 unspecified atom stereocenters. The molecule has 0 bridgehead atoms.